The second-order valence-corrected chi connectivity index (χ2v) is 8.27. The fourth-order valence-electron chi connectivity index (χ4n) is 4.36. The van der Waals surface area contributed by atoms with Crippen molar-refractivity contribution in [1.82, 2.24) is 0 Å². The molecule has 3 aromatic carbocycles. The van der Waals surface area contributed by atoms with Crippen molar-refractivity contribution >= 4 is 6.08 Å². The molecule has 34 heavy (non-hydrogen) atoms. The van der Waals surface area contributed by atoms with Crippen LogP contribution in [0.3, 0.4) is 0 Å². The average Bonchev–Trinajstić information content (AvgIpc) is 2.85. The van der Waals surface area contributed by atoms with Crippen LogP contribution in [0.2, 0.25) is 0 Å². The molecule has 6 heteroatoms. The summed E-state index contributed by atoms with van der Waals surface area (Å²) in [6, 6.07) is 13.2. The minimum absolute atomic E-state index is 0.0787. The van der Waals surface area contributed by atoms with Gasteiger partial charge in [0.05, 0.1) is 19.3 Å². The quantitative estimate of drug-likeness (QED) is 0.340. The molecule has 3 aromatic rings. The van der Waals surface area contributed by atoms with Crippen LogP contribution in [-0.4, -0.2) is 13.2 Å². The van der Waals surface area contributed by atoms with Gasteiger partial charge in [0.2, 0.25) is 5.82 Å². The lowest BCUT2D eigenvalue weighted by molar-refractivity contribution is 0.0000979. The minimum atomic E-state index is -1.28. The van der Waals surface area contributed by atoms with Gasteiger partial charge in [-0.2, -0.15) is 4.39 Å². The lowest BCUT2D eigenvalue weighted by Gasteiger charge is -2.30. The summed E-state index contributed by atoms with van der Waals surface area (Å²) in [7, 11) is 0. The van der Waals surface area contributed by atoms with E-state index in [9.17, 15) is 17.6 Å². The largest absolute Gasteiger partial charge is 0.491 e. The van der Waals surface area contributed by atoms with Crippen LogP contribution in [-0.2, 0) is 4.74 Å². The number of halogens is 4. The average molecular weight is 471 g/mol. The molecule has 1 aliphatic heterocycles. The highest BCUT2D eigenvalue weighted by Gasteiger charge is 2.29. The maximum Gasteiger partial charge on any atom is 0.201 e. The van der Waals surface area contributed by atoms with E-state index in [1.54, 1.807) is 6.92 Å². The molecule has 0 N–H and O–H groups in total. The number of rotatable bonds is 6. The number of allylic oxidation sites excluding steroid dienone is 1. The van der Waals surface area contributed by atoms with Crippen LogP contribution in [0, 0.1) is 23.3 Å². The molecule has 2 unspecified atom stereocenters. The summed E-state index contributed by atoms with van der Waals surface area (Å²) in [5.41, 5.74) is 1.62. The molecule has 0 aliphatic carbocycles. The third-order valence-corrected chi connectivity index (χ3v) is 6.14. The molecular formula is C28H26F4O2. The number of hydrogen-bond donors (Lipinski definition) is 0. The van der Waals surface area contributed by atoms with Crippen molar-refractivity contribution in [2.24, 2.45) is 0 Å². The van der Waals surface area contributed by atoms with E-state index in [0.29, 0.717) is 13.0 Å². The van der Waals surface area contributed by atoms with Crippen molar-refractivity contribution in [2.45, 2.75) is 38.7 Å². The first-order chi connectivity index (χ1) is 16.4. The third kappa shape index (κ3) is 4.73. The fourth-order valence-corrected chi connectivity index (χ4v) is 4.36. The van der Waals surface area contributed by atoms with E-state index in [2.05, 4.69) is 12.1 Å². The Labute approximate surface area is 196 Å². The first-order valence-corrected chi connectivity index (χ1v) is 11.4. The smallest absolute Gasteiger partial charge is 0.201 e. The summed E-state index contributed by atoms with van der Waals surface area (Å²) in [6.07, 6.45) is 4.66. The second kappa shape index (κ2) is 10.4. The minimum Gasteiger partial charge on any atom is -0.491 e. The van der Waals surface area contributed by atoms with Gasteiger partial charge in [-0.15, -0.1) is 0 Å². The molecule has 1 aliphatic rings. The van der Waals surface area contributed by atoms with Gasteiger partial charge in [-0.1, -0.05) is 48.6 Å². The standard InChI is InChI=1S/C28H26F4O2/c1-3-5-17-6-8-18(9-7-17)19-10-14-23(34-16-19)22-12-11-20(25(29)27(22)31)21-13-15-24(33-4-2)28(32)26(21)30/h3,5-9,11-13,15,19,23H,4,10,14,16H2,1-2H3. The summed E-state index contributed by atoms with van der Waals surface area (Å²) >= 11 is 0. The molecule has 2 atom stereocenters. The molecule has 1 heterocycles. The summed E-state index contributed by atoms with van der Waals surface area (Å²) in [5.74, 6) is -4.96. The molecule has 0 saturated carbocycles. The van der Waals surface area contributed by atoms with Crippen LogP contribution in [0.4, 0.5) is 17.6 Å². The van der Waals surface area contributed by atoms with E-state index >= 15 is 0 Å². The molecular weight excluding hydrogens is 444 g/mol. The highest BCUT2D eigenvalue weighted by molar-refractivity contribution is 5.66. The molecule has 0 spiro atoms. The molecule has 0 amide bonds. The van der Waals surface area contributed by atoms with E-state index in [1.807, 2.05) is 31.2 Å². The van der Waals surface area contributed by atoms with Crippen LogP contribution in [0.15, 0.2) is 54.6 Å². The van der Waals surface area contributed by atoms with Crippen molar-refractivity contribution in [2.75, 3.05) is 13.2 Å². The van der Waals surface area contributed by atoms with Crippen LogP contribution in [0.5, 0.6) is 5.75 Å². The zero-order chi connectivity index (χ0) is 24.2. The Bertz CT molecular complexity index is 1180. The number of ether oxygens (including phenoxy) is 2. The topological polar surface area (TPSA) is 18.5 Å². The molecule has 0 bridgehead atoms. The fraction of sp³-hybridized carbons (Fsp3) is 0.286. The maximum absolute atomic E-state index is 15.0. The van der Waals surface area contributed by atoms with Crippen molar-refractivity contribution in [1.29, 1.82) is 0 Å². The van der Waals surface area contributed by atoms with Crippen molar-refractivity contribution in [3.63, 3.8) is 0 Å². The molecule has 178 valence electrons. The van der Waals surface area contributed by atoms with Crippen LogP contribution >= 0.6 is 0 Å². The van der Waals surface area contributed by atoms with Gasteiger partial charge in [-0.05, 0) is 49.9 Å². The van der Waals surface area contributed by atoms with Crippen molar-refractivity contribution < 1.29 is 27.0 Å². The molecule has 2 nitrogen and oxygen atoms in total. The van der Waals surface area contributed by atoms with Gasteiger partial charge in [0.15, 0.2) is 23.2 Å². The Balaban J connectivity index is 1.51. The van der Waals surface area contributed by atoms with Gasteiger partial charge in [-0.25, -0.2) is 13.2 Å². The first kappa shape index (κ1) is 24.0. The molecule has 1 saturated heterocycles. The molecule has 0 aromatic heterocycles. The zero-order valence-corrected chi connectivity index (χ0v) is 19.1. The highest BCUT2D eigenvalue weighted by Crippen LogP contribution is 2.39. The Kier molecular flexibility index (Phi) is 7.37. The zero-order valence-electron chi connectivity index (χ0n) is 19.1. The molecule has 1 fully saturated rings. The summed E-state index contributed by atoms with van der Waals surface area (Å²) in [6.45, 7) is 4.13. The second-order valence-electron chi connectivity index (χ2n) is 8.27. The first-order valence-electron chi connectivity index (χ1n) is 11.4. The Morgan fingerprint density at radius 1 is 0.853 bits per heavy atom. The predicted molar refractivity (Wildman–Crippen MR) is 125 cm³/mol. The van der Waals surface area contributed by atoms with E-state index in [-0.39, 0.29) is 35.0 Å². The molecule has 0 radical (unpaired) electrons. The normalized spacial score (nSPS) is 18.4. The Morgan fingerprint density at radius 3 is 2.15 bits per heavy atom. The SMILES string of the molecule is CC=Cc1ccc(C2CCC(c3ccc(-c4ccc(OCC)c(F)c4F)c(F)c3F)OC2)cc1. The van der Waals surface area contributed by atoms with E-state index in [1.165, 1.54) is 24.3 Å². The summed E-state index contributed by atoms with van der Waals surface area (Å²) in [5, 5.41) is 0. The lowest BCUT2D eigenvalue weighted by Crippen LogP contribution is -2.20. The predicted octanol–water partition coefficient (Wildman–Crippen LogP) is 7.98. The highest BCUT2D eigenvalue weighted by atomic mass is 19.2. The van der Waals surface area contributed by atoms with Crippen LogP contribution in [0.1, 0.15) is 55.4 Å². The molecule has 4 rings (SSSR count). The van der Waals surface area contributed by atoms with E-state index in [4.69, 9.17) is 9.47 Å². The lowest BCUT2D eigenvalue weighted by atomic mass is 9.88. The van der Waals surface area contributed by atoms with Crippen molar-refractivity contribution in [3.05, 3.63) is 94.6 Å². The van der Waals surface area contributed by atoms with E-state index in [0.717, 1.165) is 17.5 Å². The van der Waals surface area contributed by atoms with Crippen LogP contribution < -0.4 is 4.74 Å². The maximum atomic E-state index is 15.0. The number of hydrogen-bond acceptors (Lipinski definition) is 2. The van der Waals surface area contributed by atoms with Gasteiger partial charge in [0.1, 0.15) is 0 Å². The Hall–Kier alpha value is -3.12. The number of benzene rings is 3. The Morgan fingerprint density at radius 2 is 1.53 bits per heavy atom. The van der Waals surface area contributed by atoms with Gasteiger partial charge in [0, 0.05) is 22.6 Å². The third-order valence-electron chi connectivity index (χ3n) is 6.14. The van der Waals surface area contributed by atoms with Crippen molar-refractivity contribution in [3.8, 4) is 16.9 Å². The summed E-state index contributed by atoms with van der Waals surface area (Å²) < 4.78 is 69.6. The van der Waals surface area contributed by atoms with Gasteiger partial charge >= 0.3 is 0 Å². The van der Waals surface area contributed by atoms with Gasteiger partial charge in [0.25, 0.3) is 0 Å². The van der Waals surface area contributed by atoms with Gasteiger partial charge < -0.3 is 9.47 Å². The van der Waals surface area contributed by atoms with Crippen LogP contribution in [0.25, 0.3) is 17.2 Å². The summed E-state index contributed by atoms with van der Waals surface area (Å²) in [4.78, 5) is 0. The van der Waals surface area contributed by atoms with Gasteiger partial charge in [-0.3, -0.25) is 0 Å². The monoisotopic (exact) mass is 470 g/mol. The van der Waals surface area contributed by atoms with E-state index < -0.39 is 29.4 Å².